The number of unbranched alkanes of at least 4 members (excludes halogenated alkanes) is 7. The second-order valence-corrected chi connectivity index (χ2v) is 7.31. The molecule has 0 fully saturated rings. The Morgan fingerprint density at radius 3 is 1.69 bits per heavy atom. The van der Waals surface area contributed by atoms with E-state index in [9.17, 15) is 0 Å². The van der Waals surface area contributed by atoms with Gasteiger partial charge < -0.3 is 20.3 Å². The van der Waals surface area contributed by atoms with Gasteiger partial charge in [-0.1, -0.05) is 83.1 Å². The van der Waals surface area contributed by atoms with Crippen molar-refractivity contribution in [1.29, 1.82) is 0 Å². The number of hydrogen-bond acceptors (Lipinski definition) is 4. The number of carbonyl (C=O) groups is 1. The van der Waals surface area contributed by atoms with Crippen molar-refractivity contribution in [1.82, 2.24) is 5.32 Å². The smallest absolute Gasteiger partial charge is 0.106 e. The Kier molecular flexibility index (Phi) is 32.4. The summed E-state index contributed by atoms with van der Waals surface area (Å²) in [5, 5.41) is 18.6. The minimum absolute atomic E-state index is 0.167. The molecule has 0 amide bonds. The van der Waals surface area contributed by atoms with Gasteiger partial charge in [-0.05, 0) is 50.8 Å². The highest BCUT2D eigenvalue weighted by Gasteiger charge is 1.96. The number of aliphatic hydroxyl groups excluding tert-OH is 2. The molecule has 0 saturated heterocycles. The molecule has 1 aromatic carbocycles. The minimum Gasteiger partial charge on any atom is -0.400 e. The topological polar surface area (TPSA) is 69.6 Å². The first-order valence-electron chi connectivity index (χ1n) is 11.3. The highest BCUT2D eigenvalue weighted by Crippen LogP contribution is 2.11. The van der Waals surface area contributed by atoms with Gasteiger partial charge in [0.05, 0.1) is 0 Å². The summed E-state index contributed by atoms with van der Waals surface area (Å²) in [6.45, 7) is 12.1. The molecule has 172 valence electrons. The standard InChI is InChI=1S/C20H35N.C3H8O.CH4O.CH2O/c1-3-5-7-8-9-10-11-12-19-13-15-20(16-14-19)18-21-17-6-4-2;1-3(2)4;2*1-2/h13-16,21H,3-12,17-18H2,1-2H3;3-4H,1-2H3;2H,1H3;1H2. The monoisotopic (exact) mass is 411 g/mol. The molecule has 0 aliphatic carbocycles. The van der Waals surface area contributed by atoms with Crippen LogP contribution in [0, 0.1) is 0 Å². The number of carbonyl (C=O) groups excluding carboxylic acids is 1. The molecular formula is C25H49NO3. The first kappa shape index (κ1) is 32.4. The number of nitrogens with one attached hydrogen (secondary N) is 1. The molecule has 29 heavy (non-hydrogen) atoms. The van der Waals surface area contributed by atoms with Crippen LogP contribution in [0.2, 0.25) is 0 Å². The van der Waals surface area contributed by atoms with Gasteiger partial charge in [0.25, 0.3) is 0 Å². The van der Waals surface area contributed by atoms with Crippen molar-refractivity contribution < 1.29 is 15.0 Å². The summed E-state index contributed by atoms with van der Waals surface area (Å²) in [6, 6.07) is 9.20. The fourth-order valence-electron chi connectivity index (χ4n) is 2.64. The number of rotatable bonds is 13. The second-order valence-electron chi connectivity index (χ2n) is 7.31. The summed E-state index contributed by atoms with van der Waals surface area (Å²) in [4.78, 5) is 8.00. The zero-order chi connectivity index (χ0) is 22.8. The van der Waals surface area contributed by atoms with Crippen molar-refractivity contribution in [2.24, 2.45) is 0 Å². The Bertz CT molecular complexity index is 391. The largest absolute Gasteiger partial charge is 0.400 e. The molecule has 0 heterocycles. The summed E-state index contributed by atoms with van der Waals surface area (Å²) in [7, 11) is 1.00. The molecule has 0 atom stereocenters. The molecular weight excluding hydrogens is 362 g/mol. The van der Waals surface area contributed by atoms with Crippen LogP contribution in [0.1, 0.15) is 96.6 Å². The Hall–Kier alpha value is -1.23. The van der Waals surface area contributed by atoms with Crippen molar-refractivity contribution in [2.75, 3.05) is 13.7 Å². The van der Waals surface area contributed by atoms with Crippen LogP contribution in [-0.4, -0.2) is 36.8 Å². The van der Waals surface area contributed by atoms with Gasteiger partial charge in [-0.3, -0.25) is 0 Å². The zero-order valence-corrected chi connectivity index (χ0v) is 19.9. The van der Waals surface area contributed by atoms with Crippen molar-refractivity contribution >= 4 is 6.79 Å². The first-order chi connectivity index (χ1) is 14.1. The third-order valence-corrected chi connectivity index (χ3v) is 4.13. The molecule has 4 heteroatoms. The summed E-state index contributed by atoms with van der Waals surface area (Å²) in [5.41, 5.74) is 2.91. The minimum atomic E-state index is -0.167. The quantitative estimate of drug-likeness (QED) is 0.365. The average molecular weight is 412 g/mol. The van der Waals surface area contributed by atoms with Crippen LogP contribution < -0.4 is 5.32 Å². The fourth-order valence-corrected chi connectivity index (χ4v) is 2.64. The van der Waals surface area contributed by atoms with Gasteiger partial charge >= 0.3 is 0 Å². The van der Waals surface area contributed by atoms with E-state index < -0.39 is 0 Å². The van der Waals surface area contributed by atoms with Crippen molar-refractivity contribution in [3.05, 3.63) is 35.4 Å². The molecule has 0 aromatic heterocycles. The van der Waals surface area contributed by atoms with E-state index in [1.54, 1.807) is 13.8 Å². The summed E-state index contributed by atoms with van der Waals surface area (Å²) >= 11 is 0. The molecule has 0 unspecified atom stereocenters. The van der Waals surface area contributed by atoms with Crippen LogP contribution in [0.3, 0.4) is 0 Å². The maximum Gasteiger partial charge on any atom is 0.106 e. The van der Waals surface area contributed by atoms with Crippen molar-refractivity contribution in [2.45, 2.75) is 105 Å². The molecule has 4 nitrogen and oxygen atoms in total. The second kappa shape index (κ2) is 29.0. The van der Waals surface area contributed by atoms with Gasteiger partial charge in [-0.15, -0.1) is 0 Å². The van der Waals surface area contributed by atoms with Crippen molar-refractivity contribution in [3.63, 3.8) is 0 Å². The van der Waals surface area contributed by atoms with Gasteiger partial charge in [0, 0.05) is 19.8 Å². The lowest BCUT2D eigenvalue weighted by Crippen LogP contribution is -2.14. The molecule has 0 aliphatic heterocycles. The van der Waals surface area contributed by atoms with Crippen LogP contribution in [-0.2, 0) is 17.8 Å². The third kappa shape index (κ3) is 29.1. The van der Waals surface area contributed by atoms with E-state index >= 15 is 0 Å². The number of aliphatic hydroxyl groups is 2. The van der Waals surface area contributed by atoms with E-state index in [4.69, 9.17) is 15.0 Å². The van der Waals surface area contributed by atoms with Gasteiger partial charge in [0.15, 0.2) is 0 Å². The summed E-state index contributed by atoms with van der Waals surface area (Å²) in [5.74, 6) is 0. The molecule has 0 aliphatic rings. The van der Waals surface area contributed by atoms with Crippen LogP contribution >= 0.6 is 0 Å². The molecule has 0 bridgehead atoms. The number of hydrogen-bond donors (Lipinski definition) is 3. The Morgan fingerprint density at radius 2 is 1.21 bits per heavy atom. The van der Waals surface area contributed by atoms with E-state index in [2.05, 4.69) is 43.4 Å². The van der Waals surface area contributed by atoms with Gasteiger partial charge in [-0.25, -0.2) is 0 Å². The Labute approximate surface area is 181 Å². The molecule has 1 rings (SSSR count). The lowest BCUT2D eigenvalue weighted by Gasteiger charge is -2.06. The predicted molar refractivity (Wildman–Crippen MR) is 127 cm³/mol. The van der Waals surface area contributed by atoms with Gasteiger partial charge in [0.2, 0.25) is 0 Å². The number of aryl methyl sites for hydroxylation is 1. The van der Waals surface area contributed by atoms with Gasteiger partial charge in [-0.2, -0.15) is 0 Å². The highest BCUT2D eigenvalue weighted by atomic mass is 16.3. The molecule has 3 N–H and O–H groups in total. The fraction of sp³-hybridized carbons (Fsp3) is 0.720. The van der Waals surface area contributed by atoms with Crippen LogP contribution in [0.5, 0.6) is 0 Å². The maximum atomic E-state index is 8.06. The van der Waals surface area contributed by atoms with E-state index in [-0.39, 0.29) is 6.10 Å². The maximum absolute atomic E-state index is 8.06. The van der Waals surface area contributed by atoms with Crippen LogP contribution in [0.4, 0.5) is 0 Å². The Balaban J connectivity index is -0.000000733. The van der Waals surface area contributed by atoms with E-state index in [1.807, 2.05) is 6.79 Å². The van der Waals surface area contributed by atoms with Crippen LogP contribution in [0.15, 0.2) is 24.3 Å². The molecule has 0 spiro atoms. The average Bonchev–Trinajstić information content (AvgIpc) is 2.74. The van der Waals surface area contributed by atoms with Crippen molar-refractivity contribution in [3.8, 4) is 0 Å². The third-order valence-electron chi connectivity index (χ3n) is 4.13. The van der Waals surface area contributed by atoms with E-state index in [1.165, 1.54) is 75.3 Å². The predicted octanol–water partition coefficient (Wildman–Crippen LogP) is 5.68. The molecule has 0 radical (unpaired) electrons. The zero-order valence-electron chi connectivity index (χ0n) is 19.9. The molecule has 1 aromatic rings. The molecule has 0 saturated carbocycles. The summed E-state index contributed by atoms with van der Waals surface area (Å²) < 4.78 is 0. The normalized spacial score (nSPS) is 9.52. The van der Waals surface area contributed by atoms with E-state index in [0.717, 1.165) is 20.2 Å². The SMILES string of the molecule is C=O.CC(C)O.CCCCCCCCCc1ccc(CNCCCC)cc1.CO. The number of benzene rings is 1. The Morgan fingerprint density at radius 1 is 0.793 bits per heavy atom. The highest BCUT2D eigenvalue weighted by molar-refractivity contribution is 5.22. The first-order valence-corrected chi connectivity index (χ1v) is 11.3. The lowest BCUT2D eigenvalue weighted by atomic mass is 10.0. The van der Waals surface area contributed by atoms with E-state index in [0.29, 0.717) is 0 Å². The lowest BCUT2D eigenvalue weighted by molar-refractivity contribution is -0.0980. The summed E-state index contributed by atoms with van der Waals surface area (Å²) in [6.07, 6.45) is 13.4. The van der Waals surface area contributed by atoms with Gasteiger partial charge in [0.1, 0.15) is 6.79 Å². The van der Waals surface area contributed by atoms with Crippen LogP contribution in [0.25, 0.3) is 0 Å².